The van der Waals surface area contributed by atoms with E-state index in [1.165, 1.54) is 0 Å². The van der Waals surface area contributed by atoms with Gasteiger partial charge in [-0.25, -0.2) is 4.39 Å². The van der Waals surface area contributed by atoms with Crippen LogP contribution in [0.15, 0.2) is 24.5 Å². The lowest BCUT2D eigenvalue weighted by Crippen LogP contribution is -1.97. The van der Waals surface area contributed by atoms with Crippen LogP contribution in [0.2, 0.25) is 0 Å². The predicted molar refractivity (Wildman–Crippen MR) is 41.2 cm³/mol. The zero-order valence-corrected chi connectivity index (χ0v) is 6.27. The zero-order valence-electron chi connectivity index (χ0n) is 5.46. The fraction of sp³-hybridized carbons (Fsp3) is 0.286. The number of hydrogen-bond donors (Lipinski definition) is 0. The summed E-state index contributed by atoms with van der Waals surface area (Å²) in [7, 11) is 0. The molecule has 0 radical (unpaired) electrons. The smallest absolute Gasteiger partial charge is 0.107 e. The molecule has 0 fully saturated rings. The van der Waals surface area contributed by atoms with Crippen LogP contribution in [0.25, 0.3) is 0 Å². The van der Waals surface area contributed by atoms with Crippen molar-refractivity contribution in [2.45, 2.75) is 6.54 Å². The van der Waals surface area contributed by atoms with Gasteiger partial charge in [-0.1, -0.05) is 12.2 Å². The van der Waals surface area contributed by atoms with Crippen LogP contribution in [0.3, 0.4) is 0 Å². The van der Waals surface area contributed by atoms with Crippen LogP contribution in [0.4, 0.5) is 4.39 Å². The molecule has 1 nitrogen and oxygen atoms in total. The number of alkyl halides is 1. The number of rotatable bonds is 2. The Balaban J connectivity index is 2.79. The number of aryl methyl sites for hydroxylation is 1. The Bertz CT molecular complexity index is 236. The third-order valence-corrected chi connectivity index (χ3v) is 1.48. The summed E-state index contributed by atoms with van der Waals surface area (Å²) in [4.78, 5) is 0. The molecule has 1 aromatic heterocycles. The minimum atomic E-state index is -0.332. The Morgan fingerprint density at radius 1 is 1.40 bits per heavy atom. The van der Waals surface area contributed by atoms with Gasteiger partial charge in [0, 0.05) is 16.9 Å². The molecule has 0 unspecified atom stereocenters. The summed E-state index contributed by atoms with van der Waals surface area (Å²) in [5.41, 5.74) is 0. The quantitative estimate of drug-likeness (QED) is 0.596. The summed E-state index contributed by atoms with van der Waals surface area (Å²) in [6.45, 7) is 0.0804. The van der Waals surface area contributed by atoms with Crippen LogP contribution in [0, 0.1) is 4.51 Å². The lowest BCUT2D eigenvalue weighted by atomic mass is 10.5. The van der Waals surface area contributed by atoms with E-state index in [1.807, 2.05) is 0 Å². The van der Waals surface area contributed by atoms with E-state index in [4.69, 9.17) is 12.2 Å². The van der Waals surface area contributed by atoms with Crippen molar-refractivity contribution in [1.82, 2.24) is 4.57 Å². The van der Waals surface area contributed by atoms with Crippen LogP contribution in [0.1, 0.15) is 0 Å². The Kier molecular flexibility index (Phi) is 2.57. The van der Waals surface area contributed by atoms with Crippen LogP contribution in [-0.2, 0) is 6.54 Å². The largest absolute Gasteiger partial charge is 0.352 e. The van der Waals surface area contributed by atoms with Gasteiger partial charge in [0.05, 0.1) is 6.54 Å². The van der Waals surface area contributed by atoms with Crippen LogP contribution in [0.5, 0.6) is 0 Å². The molecule has 10 heavy (non-hydrogen) atoms. The minimum Gasteiger partial charge on any atom is -0.352 e. The molecule has 3 heteroatoms. The molecule has 0 aliphatic rings. The zero-order chi connectivity index (χ0) is 7.40. The van der Waals surface area contributed by atoms with Gasteiger partial charge in [-0.15, -0.1) is 0 Å². The molecule has 1 rings (SSSR count). The van der Waals surface area contributed by atoms with Gasteiger partial charge in [0.2, 0.25) is 0 Å². The van der Waals surface area contributed by atoms with E-state index in [0.29, 0.717) is 6.54 Å². The first-order valence-electron chi connectivity index (χ1n) is 3.05. The van der Waals surface area contributed by atoms with E-state index in [1.54, 1.807) is 29.1 Å². The molecule has 0 bridgehead atoms. The summed E-state index contributed by atoms with van der Waals surface area (Å²) in [5, 5.41) is 0. The summed E-state index contributed by atoms with van der Waals surface area (Å²) in [5.74, 6) is 0. The molecule has 0 saturated carbocycles. The van der Waals surface area contributed by atoms with Crippen molar-refractivity contribution in [3.05, 3.63) is 29.0 Å². The van der Waals surface area contributed by atoms with Gasteiger partial charge in [-0.05, 0) is 12.1 Å². The molecule has 54 valence electrons. The van der Waals surface area contributed by atoms with E-state index >= 15 is 0 Å². The van der Waals surface area contributed by atoms with Gasteiger partial charge in [0.25, 0.3) is 0 Å². The normalized spacial score (nSPS) is 9.70. The number of aromatic nitrogens is 1. The maximum Gasteiger partial charge on any atom is 0.107 e. The maximum atomic E-state index is 11.7. The molecule has 0 N–H and O–H groups in total. The molecule has 0 aliphatic carbocycles. The van der Waals surface area contributed by atoms with Gasteiger partial charge in [-0.2, -0.15) is 0 Å². The fourth-order valence-electron chi connectivity index (χ4n) is 0.690. The Morgan fingerprint density at radius 3 is 2.50 bits per heavy atom. The SMILES string of the molecule is FCCn1ccc(=S)cc1. The third-order valence-electron chi connectivity index (χ3n) is 1.20. The fourth-order valence-corrected chi connectivity index (χ4v) is 0.812. The van der Waals surface area contributed by atoms with Crippen molar-refractivity contribution in [2.24, 2.45) is 0 Å². The monoisotopic (exact) mass is 157 g/mol. The molecule has 1 aromatic rings. The van der Waals surface area contributed by atoms with Gasteiger partial charge in [0.1, 0.15) is 6.67 Å². The second-order valence-corrected chi connectivity index (χ2v) is 2.43. The average Bonchev–Trinajstić information content (AvgIpc) is 1.95. The van der Waals surface area contributed by atoms with Crippen molar-refractivity contribution in [1.29, 1.82) is 0 Å². The maximum absolute atomic E-state index is 11.7. The minimum absolute atomic E-state index is 0.332. The molecule has 0 aromatic carbocycles. The van der Waals surface area contributed by atoms with Gasteiger partial charge >= 0.3 is 0 Å². The number of halogens is 1. The predicted octanol–water partition coefficient (Wildman–Crippen LogP) is 2.19. The molecule has 0 spiro atoms. The highest BCUT2D eigenvalue weighted by atomic mass is 32.1. The van der Waals surface area contributed by atoms with Crippen molar-refractivity contribution in [3.63, 3.8) is 0 Å². The number of pyridine rings is 1. The standard InChI is InChI=1S/C7H8FNS/c8-3-6-9-4-1-7(10)2-5-9/h1-2,4-5H,3,6H2. The molecule has 0 aliphatic heterocycles. The molecular weight excluding hydrogens is 149 g/mol. The summed E-state index contributed by atoms with van der Waals surface area (Å²) in [6, 6.07) is 3.57. The molecular formula is C7H8FNS. The Labute approximate surface area is 64.1 Å². The van der Waals surface area contributed by atoms with Crippen molar-refractivity contribution >= 4 is 12.2 Å². The topological polar surface area (TPSA) is 4.93 Å². The number of hydrogen-bond acceptors (Lipinski definition) is 1. The molecule has 0 amide bonds. The molecule has 0 saturated heterocycles. The first kappa shape index (κ1) is 7.41. The van der Waals surface area contributed by atoms with E-state index in [2.05, 4.69) is 0 Å². The molecule has 0 atom stereocenters. The second kappa shape index (κ2) is 3.46. The van der Waals surface area contributed by atoms with Crippen LogP contribution >= 0.6 is 12.2 Å². The van der Waals surface area contributed by atoms with Crippen molar-refractivity contribution < 1.29 is 4.39 Å². The lowest BCUT2D eigenvalue weighted by Gasteiger charge is -1.99. The van der Waals surface area contributed by atoms with Gasteiger partial charge < -0.3 is 4.57 Å². The van der Waals surface area contributed by atoms with Gasteiger partial charge in [0.15, 0.2) is 0 Å². The molecule has 1 heterocycles. The van der Waals surface area contributed by atoms with Crippen molar-refractivity contribution in [3.8, 4) is 0 Å². The van der Waals surface area contributed by atoms with Crippen molar-refractivity contribution in [2.75, 3.05) is 6.67 Å². The average molecular weight is 157 g/mol. The summed E-state index contributed by atoms with van der Waals surface area (Å²) >= 11 is 4.85. The van der Waals surface area contributed by atoms with E-state index in [-0.39, 0.29) is 6.67 Å². The first-order valence-corrected chi connectivity index (χ1v) is 3.46. The van der Waals surface area contributed by atoms with Crippen LogP contribution in [-0.4, -0.2) is 11.2 Å². The Hall–Kier alpha value is -0.700. The Morgan fingerprint density at radius 2 is 2.00 bits per heavy atom. The highest BCUT2D eigenvalue weighted by Crippen LogP contribution is 1.91. The van der Waals surface area contributed by atoms with E-state index in [0.717, 1.165) is 4.51 Å². The lowest BCUT2D eigenvalue weighted by molar-refractivity contribution is 0.445. The van der Waals surface area contributed by atoms with Gasteiger partial charge in [-0.3, -0.25) is 0 Å². The highest BCUT2D eigenvalue weighted by molar-refractivity contribution is 7.71. The summed E-state index contributed by atoms with van der Waals surface area (Å²) < 4.78 is 14.3. The number of nitrogens with zero attached hydrogens (tertiary/aromatic N) is 1. The van der Waals surface area contributed by atoms with Crippen LogP contribution < -0.4 is 0 Å². The second-order valence-electron chi connectivity index (χ2n) is 1.96. The first-order chi connectivity index (χ1) is 4.83. The van der Waals surface area contributed by atoms with E-state index in [9.17, 15) is 4.39 Å². The third kappa shape index (κ3) is 1.92. The highest BCUT2D eigenvalue weighted by Gasteiger charge is 1.84. The summed E-state index contributed by atoms with van der Waals surface area (Å²) in [6.07, 6.45) is 3.56. The van der Waals surface area contributed by atoms with E-state index < -0.39 is 0 Å².